The number of hydrogen-bond donors (Lipinski definition) is 3. The first kappa shape index (κ1) is 21.7. The second kappa shape index (κ2) is 9.24. The molecule has 30 heavy (non-hydrogen) atoms. The molecule has 0 radical (unpaired) electrons. The second-order valence-corrected chi connectivity index (χ2v) is 7.66. The summed E-state index contributed by atoms with van der Waals surface area (Å²) in [6, 6.07) is 14.4. The predicted molar refractivity (Wildman–Crippen MR) is 116 cm³/mol. The first-order valence-corrected chi connectivity index (χ1v) is 9.93. The number of rotatable bonds is 8. The molecule has 1 aromatic heterocycles. The van der Waals surface area contributed by atoms with E-state index < -0.39 is 24.6 Å². The lowest BCUT2D eigenvalue weighted by Crippen LogP contribution is -2.19. The summed E-state index contributed by atoms with van der Waals surface area (Å²) >= 11 is 0. The van der Waals surface area contributed by atoms with Crippen molar-refractivity contribution in [2.75, 3.05) is 0 Å². The molecule has 6 heteroatoms. The first-order chi connectivity index (χ1) is 14.3. The van der Waals surface area contributed by atoms with Crippen LogP contribution in [0.2, 0.25) is 0 Å². The molecule has 3 rings (SSSR count). The highest BCUT2D eigenvalue weighted by Crippen LogP contribution is 2.38. The molecule has 0 saturated carbocycles. The zero-order chi connectivity index (χ0) is 21.8. The summed E-state index contributed by atoms with van der Waals surface area (Å²) in [6.45, 7) is 4.12. The minimum Gasteiger partial charge on any atom is -0.481 e. The maximum atomic E-state index is 13.5. The molecule has 0 amide bonds. The van der Waals surface area contributed by atoms with Crippen molar-refractivity contribution in [1.82, 2.24) is 4.57 Å². The Hall–Kier alpha value is -2.96. The van der Waals surface area contributed by atoms with Gasteiger partial charge < -0.3 is 19.9 Å². The van der Waals surface area contributed by atoms with Gasteiger partial charge in [0.15, 0.2) is 0 Å². The van der Waals surface area contributed by atoms with E-state index in [4.69, 9.17) is 5.11 Å². The highest BCUT2D eigenvalue weighted by atomic mass is 19.1. The number of aliphatic hydroxyl groups excluding tert-OH is 2. The number of nitrogens with zero attached hydrogens (tertiary/aromatic N) is 1. The van der Waals surface area contributed by atoms with Gasteiger partial charge in [-0.15, -0.1) is 0 Å². The summed E-state index contributed by atoms with van der Waals surface area (Å²) in [5.41, 5.74) is 3.65. The average Bonchev–Trinajstić information content (AvgIpc) is 3.00. The Bertz CT molecular complexity index is 1050. The van der Waals surface area contributed by atoms with Crippen molar-refractivity contribution >= 4 is 22.9 Å². The van der Waals surface area contributed by atoms with Gasteiger partial charge in [0.2, 0.25) is 0 Å². The van der Waals surface area contributed by atoms with E-state index >= 15 is 0 Å². The van der Waals surface area contributed by atoms with Crippen LogP contribution in [0.3, 0.4) is 0 Å². The molecule has 0 fully saturated rings. The van der Waals surface area contributed by atoms with Gasteiger partial charge in [0.1, 0.15) is 5.82 Å². The van der Waals surface area contributed by atoms with E-state index in [0.717, 1.165) is 27.7 Å². The van der Waals surface area contributed by atoms with Gasteiger partial charge in [-0.1, -0.05) is 36.4 Å². The number of hydrogen-bond acceptors (Lipinski definition) is 3. The zero-order valence-electron chi connectivity index (χ0n) is 17.0. The molecule has 0 aliphatic rings. The molecule has 0 aliphatic heterocycles. The van der Waals surface area contributed by atoms with Crippen LogP contribution < -0.4 is 0 Å². The fourth-order valence-electron chi connectivity index (χ4n) is 3.77. The Labute approximate surface area is 174 Å². The van der Waals surface area contributed by atoms with Gasteiger partial charge in [0.05, 0.1) is 18.6 Å². The van der Waals surface area contributed by atoms with Gasteiger partial charge in [-0.25, -0.2) is 4.39 Å². The topological polar surface area (TPSA) is 82.7 Å². The molecular weight excluding hydrogens is 385 g/mol. The Kier molecular flexibility index (Phi) is 6.70. The van der Waals surface area contributed by atoms with E-state index in [1.165, 1.54) is 12.1 Å². The number of aliphatic carboxylic acids is 1. The number of carbonyl (C=O) groups is 1. The minimum absolute atomic E-state index is 0.0728. The van der Waals surface area contributed by atoms with Crippen LogP contribution in [0.25, 0.3) is 28.1 Å². The number of benzene rings is 2. The Balaban J connectivity index is 2.08. The van der Waals surface area contributed by atoms with Crippen LogP contribution in [0.15, 0.2) is 54.6 Å². The highest BCUT2D eigenvalue weighted by Gasteiger charge is 2.19. The fourth-order valence-corrected chi connectivity index (χ4v) is 3.77. The van der Waals surface area contributed by atoms with Crippen LogP contribution in [0, 0.1) is 5.82 Å². The van der Waals surface area contributed by atoms with Crippen molar-refractivity contribution in [3.05, 3.63) is 66.1 Å². The van der Waals surface area contributed by atoms with Crippen LogP contribution >= 0.6 is 0 Å². The molecule has 5 nitrogen and oxygen atoms in total. The van der Waals surface area contributed by atoms with Crippen molar-refractivity contribution in [3.63, 3.8) is 0 Å². The van der Waals surface area contributed by atoms with Gasteiger partial charge in [-0.05, 0) is 43.7 Å². The third-order valence-electron chi connectivity index (χ3n) is 5.00. The normalized spacial score (nSPS) is 13.9. The molecule has 2 atom stereocenters. The van der Waals surface area contributed by atoms with Crippen molar-refractivity contribution < 1.29 is 24.5 Å². The lowest BCUT2D eigenvalue weighted by atomic mass is 10.0. The number of aliphatic hydroxyl groups is 2. The molecule has 3 aromatic rings. The average molecular weight is 411 g/mol. The smallest absolute Gasteiger partial charge is 0.305 e. The maximum absolute atomic E-state index is 13.5. The number of aromatic nitrogens is 1. The number of carboxylic acids is 1. The van der Waals surface area contributed by atoms with Gasteiger partial charge >= 0.3 is 5.97 Å². The molecule has 0 aliphatic carbocycles. The van der Waals surface area contributed by atoms with Gasteiger partial charge in [0.25, 0.3) is 0 Å². The van der Waals surface area contributed by atoms with Crippen LogP contribution in [0.1, 0.15) is 38.4 Å². The van der Waals surface area contributed by atoms with Gasteiger partial charge in [0, 0.05) is 34.6 Å². The van der Waals surface area contributed by atoms with Gasteiger partial charge in [-0.3, -0.25) is 4.79 Å². The highest BCUT2D eigenvalue weighted by molar-refractivity contribution is 6.01. The Morgan fingerprint density at radius 3 is 2.40 bits per heavy atom. The van der Waals surface area contributed by atoms with Crippen LogP contribution in [0.4, 0.5) is 4.39 Å². The largest absolute Gasteiger partial charge is 0.481 e. The second-order valence-electron chi connectivity index (χ2n) is 7.66. The zero-order valence-corrected chi connectivity index (χ0v) is 17.0. The van der Waals surface area contributed by atoms with Crippen LogP contribution in [-0.4, -0.2) is 38.1 Å². The van der Waals surface area contributed by atoms with E-state index in [2.05, 4.69) is 18.4 Å². The van der Waals surface area contributed by atoms with E-state index in [0.29, 0.717) is 0 Å². The van der Waals surface area contributed by atoms with Crippen LogP contribution in [-0.2, 0) is 4.79 Å². The summed E-state index contributed by atoms with van der Waals surface area (Å²) < 4.78 is 15.6. The lowest BCUT2D eigenvalue weighted by molar-refractivity contribution is -0.139. The molecular formula is C24H26FNO4. The molecule has 0 saturated heterocycles. The third kappa shape index (κ3) is 4.78. The fraction of sp³-hybridized carbons (Fsp3) is 0.292. The molecule has 158 valence electrons. The van der Waals surface area contributed by atoms with E-state index in [-0.39, 0.29) is 18.3 Å². The third-order valence-corrected chi connectivity index (χ3v) is 5.00. The Morgan fingerprint density at radius 2 is 1.77 bits per heavy atom. The van der Waals surface area contributed by atoms with Crippen molar-refractivity contribution in [3.8, 4) is 11.1 Å². The van der Waals surface area contributed by atoms with E-state index in [1.54, 1.807) is 24.3 Å². The monoisotopic (exact) mass is 411 g/mol. The van der Waals surface area contributed by atoms with Crippen molar-refractivity contribution in [2.45, 2.75) is 44.9 Å². The lowest BCUT2D eigenvalue weighted by Gasteiger charge is -2.15. The molecule has 0 spiro atoms. The van der Waals surface area contributed by atoms with Crippen molar-refractivity contribution in [2.24, 2.45) is 0 Å². The quantitative estimate of drug-likeness (QED) is 0.505. The standard InChI is InChI=1S/C24H26FNO4/c1-15(2)26-21-6-4-3-5-20(21)24(16-7-9-17(25)10-8-16)22(26)12-11-18(27)13-19(28)14-23(29)30/h3-12,15,18-19,27-28H,13-14H2,1-2H3,(H,29,30)/b12-11+/t18?,19-/m1/s1. The minimum atomic E-state index is -1.13. The molecule has 0 bridgehead atoms. The summed E-state index contributed by atoms with van der Waals surface area (Å²) in [5.74, 6) is -1.43. The molecule has 3 N–H and O–H groups in total. The van der Waals surface area contributed by atoms with Crippen molar-refractivity contribution in [1.29, 1.82) is 0 Å². The SMILES string of the molecule is CC(C)n1c(/C=C/C(O)C[C@@H](O)CC(=O)O)c(-c2ccc(F)cc2)c2ccccc21. The van der Waals surface area contributed by atoms with E-state index in [1.807, 2.05) is 24.3 Å². The Morgan fingerprint density at radius 1 is 1.10 bits per heavy atom. The van der Waals surface area contributed by atoms with Gasteiger partial charge in [-0.2, -0.15) is 0 Å². The number of carboxylic acid groups (broad SMARTS) is 1. The molecule has 1 heterocycles. The first-order valence-electron chi connectivity index (χ1n) is 9.93. The maximum Gasteiger partial charge on any atom is 0.305 e. The number of halogens is 1. The number of para-hydroxylation sites is 1. The summed E-state index contributed by atoms with van der Waals surface area (Å²) in [6.07, 6.45) is 0.727. The molecule has 1 unspecified atom stereocenters. The summed E-state index contributed by atoms with van der Waals surface area (Å²) in [7, 11) is 0. The molecule has 2 aromatic carbocycles. The predicted octanol–water partition coefficient (Wildman–Crippen LogP) is 4.63. The number of fused-ring (bicyclic) bond motifs is 1. The summed E-state index contributed by atoms with van der Waals surface area (Å²) in [5, 5.41) is 29.9. The van der Waals surface area contributed by atoms with E-state index in [9.17, 15) is 19.4 Å². The van der Waals surface area contributed by atoms with Crippen LogP contribution in [0.5, 0.6) is 0 Å². The summed E-state index contributed by atoms with van der Waals surface area (Å²) in [4.78, 5) is 10.7.